The summed E-state index contributed by atoms with van der Waals surface area (Å²) in [6.07, 6.45) is 1.48. The first-order chi connectivity index (χ1) is 9.60. The minimum atomic E-state index is 0.124. The number of nitrogens with zero attached hydrogens (tertiary/aromatic N) is 2. The molecule has 0 aliphatic carbocycles. The number of hydrogen-bond acceptors (Lipinski definition) is 4. The standard InChI is InChI=1S/C15H15ClN2O2/c1-10(2)12-6-4-11(5-7-12)9-20-14-13(19-3)8-17-15(16)18-14/h4-8H,1,9H2,2-3H3. The molecule has 0 fully saturated rings. The van der Waals surface area contributed by atoms with E-state index in [1.54, 1.807) is 0 Å². The summed E-state index contributed by atoms with van der Waals surface area (Å²) >= 11 is 5.74. The maximum atomic E-state index is 5.74. The van der Waals surface area contributed by atoms with Gasteiger partial charge in [-0.05, 0) is 29.7 Å². The van der Waals surface area contributed by atoms with E-state index in [0.717, 1.165) is 16.7 Å². The van der Waals surface area contributed by atoms with Gasteiger partial charge in [0.2, 0.25) is 5.28 Å². The zero-order valence-corrected chi connectivity index (χ0v) is 12.1. The topological polar surface area (TPSA) is 44.2 Å². The molecule has 0 saturated heterocycles. The van der Waals surface area contributed by atoms with Crippen LogP contribution in [0.25, 0.3) is 5.57 Å². The molecule has 0 N–H and O–H groups in total. The summed E-state index contributed by atoms with van der Waals surface area (Å²) in [5.74, 6) is 0.782. The van der Waals surface area contributed by atoms with Crippen LogP contribution in [-0.4, -0.2) is 17.1 Å². The third-order valence-electron chi connectivity index (χ3n) is 2.74. The monoisotopic (exact) mass is 290 g/mol. The number of allylic oxidation sites excluding steroid dienone is 1. The molecule has 2 aromatic rings. The largest absolute Gasteiger partial charge is 0.490 e. The highest BCUT2D eigenvalue weighted by atomic mass is 35.5. The lowest BCUT2D eigenvalue weighted by atomic mass is 10.1. The quantitative estimate of drug-likeness (QED) is 0.787. The van der Waals surface area contributed by atoms with E-state index < -0.39 is 0 Å². The Morgan fingerprint density at radius 1 is 1.30 bits per heavy atom. The van der Waals surface area contributed by atoms with Gasteiger partial charge in [0.25, 0.3) is 5.88 Å². The minimum absolute atomic E-state index is 0.124. The average molecular weight is 291 g/mol. The van der Waals surface area contributed by atoms with Crippen molar-refractivity contribution >= 4 is 17.2 Å². The van der Waals surface area contributed by atoms with Gasteiger partial charge in [0.05, 0.1) is 13.3 Å². The van der Waals surface area contributed by atoms with E-state index >= 15 is 0 Å². The summed E-state index contributed by atoms with van der Waals surface area (Å²) in [5.41, 5.74) is 3.16. The third-order valence-corrected chi connectivity index (χ3v) is 2.92. The molecule has 0 aliphatic rings. The molecule has 0 bridgehead atoms. The van der Waals surface area contributed by atoms with Gasteiger partial charge in [0.15, 0.2) is 5.75 Å². The molecule has 0 atom stereocenters. The van der Waals surface area contributed by atoms with Crippen molar-refractivity contribution in [1.82, 2.24) is 9.97 Å². The van der Waals surface area contributed by atoms with Crippen LogP contribution in [0.5, 0.6) is 11.6 Å². The van der Waals surface area contributed by atoms with Gasteiger partial charge >= 0.3 is 0 Å². The third kappa shape index (κ3) is 3.48. The lowest BCUT2D eigenvalue weighted by molar-refractivity contribution is 0.271. The predicted octanol–water partition coefficient (Wildman–Crippen LogP) is 3.75. The fourth-order valence-electron chi connectivity index (χ4n) is 1.62. The Balaban J connectivity index is 2.08. The van der Waals surface area contributed by atoms with Crippen LogP contribution >= 0.6 is 11.6 Å². The van der Waals surface area contributed by atoms with E-state index in [0.29, 0.717) is 18.2 Å². The maximum absolute atomic E-state index is 5.74. The summed E-state index contributed by atoms with van der Waals surface area (Å²) in [7, 11) is 1.53. The second kappa shape index (κ2) is 6.39. The van der Waals surface area contributed by atoms with Crippen molar-refractivity contribution in [2.24, 2.45) is 0 Å². The second-order valence-electron chi connectivity index (χ2n) is 4.28. The summed E-state index contributed by atoms with van der Waals surface area (Å²) < 4.78 is 10.7. The number of methoxy groups -OCH3 is 1. The Kier molecular flexibility index (Phi) is 4.58. The SMILES string of the molecule is C=C(C)c1ccc(COc2nc(Cl)ncc2OC)cc1. The van der Waals surface area contributed by atoms with Gasteiger partial charge in [0.1, 0.15) is 6.61 Å². The van der Waals surface area contributed by atoms with Crippen LogP contribution in [0.1, 0.15) is 18.1 Å². The number of halogens is 1. The molecular weight excluding hydrogens is 276 g/mol. The van der Waals surface area contributed by atoms with Crippen molar-refractivity contribution < 1.29 is 9.47 Å². The maximum Gasteiger partial charge on any atom is 0.261 e. The van der Waals surface area contributed by atoms with Gasteiger partial charge in [-0.1, -0.05) is 36.4 Å². The van der Waals surface area contributed by atoms with Gasteiger partial charge in [-0.2, -0.15) is 4.98 Å². The summed E-state index contributed by atoms with van der Waals surface area (Å²) in [6.45, 7) is 6.25. The average Bonchev–Trinajstić information content (AvgIpc) is 2.45. The molecule has 104 valence electrons. The number of ether oxygens (including phenoxy) is 2. The van der Waals surface area contributed by atoms with Gasteiger partial charge in [-0.3, -0.25) is 0 Å². The first kappa shape index (κ1) is 14.3. The van der Waals surface area contributed by atoms with Crippen LogP contribution < -0.4 is 9.47 Å². The second-order valence-corrected chi connectivity index (χ2v) is 4.62. The van der Waals surface area contributed by atoms with E-state index in [9.17, 15) is 0 Å². The zero-order chi connectivity index (χ0) is 14.5. The molecule has 20 heavy (non-hydrogen) atoms. The van der Waals surface area contributed by atoms with Crippen LogP contribution in [-0.2, 0) is 6.61 Å². The number of benzene rings is 1. The minimum Gasteiger partial charge on any atom is -0.490 e. The summed E-state index contributed by atoms with van der Waals surface area (Å²) in [4.78, 5) is 7.83. The number of aromatic nitrogens is 2. The number of hydrogen-bond donors (Lipinski definition) is 0. The molecule has 4 nitrogen and oxygen atoms in total. The van der Waals surface area contributed by atoms with Crippen molar-refractivity contribution in [3.63, 3.8) is 0 Å². The molecule has 0 amide bonds. The molecule has 1 aromatic carbocycles. The smallest absolute Gasteiger partial charge is 0.261 e. The molecule has 2 rings (SSSR count). The first-order valence-corrected chi connectivity index (χ1v) is 6.42. The van der Waals surface area contributed by atoms with Crippen LogP contribution in [0.15, 0.2) is 37.0 Å². The number of rotatable bonds is 5. The van der Waals surface area contributed by atoms with Crippen LogP contribution in [0.4, 0.5) is 0 Å². The Morgan fingerprint density at radius 2 is 2.00 bits per heavy atom. The van der Waals surface area contributed by atoms with Crippen molar-refractivity contribution in [3.8, 4) is 11.6 Å². The molecule has 0 unspecified atom stereocenters. The molecule has 1 aromatic heterocycles. The fourth-order valence-corrected chi connectivity index (χ4v) is 1.74. The molecule has 0 saturated carbocycles. The highest BCUT2D eigenvalue weighted by Crippen LogP contribution is 2.25. The van der Waals surface area contributed by atoms with Gasteiger partial charge in [0, 0.05) is 0 Å². The van der Waals surface area contributed by atoms with E-state index in [1.807, 2.05) is 31.2 Å². The lowest BCUT2D eigenvalue weighted by Crippen LogP contribution is -2.01. The fraction of sp³-hybridized carbons (Fsp3) is 0.200. The molecular formula is C15H15ClN2O2. The van der Waals surface area contributed by atoms with Gasteiger partial charge in [-0.15, -0.1) is 0 Å². The molecule has 5 heteroatoms. The van der Waals surface area contributed by atoms with E-state index in [2.05, 4.69) is 16.5 Å². The lowest BCUT2D eigenvalue weighted by Gasteiger charge is -2.09. The van der Waals surface area contributed by atoms with Gasteiger partial charge in [-0.25, -0.2) is 4.98 Å². The predicted molar refractivity (Wildman–Crippen MR) is 79.1 cm³/mol. The highest BCUT2D eigenvalue weighted by Gasteiger charge is 2.08. The summed E-state index contributed by atoms with van der Waals surface area (Å²) in [5, 5.41) is 0.124. The van der Waals surface area contributed by atoms with Crippen molar-refractivity contribution in [3.05, 3.63) is 53.5 Å². The Morgan fingerprint density at radius 3 is 2.60 bits per heavy atom. The highest BCUT2D eigenvalue weighted by molar-refractivity contribution is 6.28. The van der Waals surface area contributed by atoms with Crippen molar-refractivity contribution in [2.75, 3.05) is 7.11 Å². The Hall–Kier alpha value is -2.07. The van der Waals surface area contributed by atoms with E-state index in [1.165, 1.54) is 13.3 Å². The molecule has 0 radical (unpaired) electrons. The van der Waals surface area contributed by atoms with Crippen LogP contribution in [0.3, 0.4) is 0 Å². The normalized spacial score (nSPS) is 10.2. The van der Waals surface area contributed by atoms with Crippen molar-refractivity contribution in [1.29, 1.82) is 0 Å². The summed E-state index contributed by atoms with van der Waals surface area (Å²) in [6, 6.07) is 7.98. The molecule has 0 spiro atoms. The van der Waals surface area contributed by atoms with E-state index in [4.69, 9.17) is 21.1 Å². The Bertz CT molecular complexity index is 612. The van der Waals surface area contributed by atoms with Crippen LogP contribution in [0.2, 0.25) is 5.28 Å². The Labute approximate surface area is 123 Å². The van der Waals surface area contributed by atoms with Gasteiger partial charge < -0.3 is 9.47 Å². The first-order valence-electron chi connectivity index (χ1n) is 6.04. The van der Waals surface area contributed by atoms with Crippen LogP contribution in [0, 0.1) is 0 Å². The molecule has 0 aliphatic heterocycles. The molecule has 1 heterocycles. The van der Waals surface area contributed by atoms with Crippen molar-refractivity contribution in [2.45, 2.75) is 13.5 Å². The zero-order valence-electron chi connectivity index (χ0n) is 11.4. The van der Waals surface area contributed by atoms with E-state index in [-0.39, 0.29) is 5.28 Å².